The fourth-order valence-corrected chi connectivity index (χ4v) is 3.24. The monoisotopic (exact) mass is 228 g/mol. The number of ether oxygens (including phenoxy) is 2. The van der Waals surface area contributed by atoms with E-state index in [-0.39, 0.29) is 12.7 Å². The minimum atomic E-state index is -0.404. The maximum absolute atomic E-state index is 9.17. The van der Waals surface area contributed by atoms with E-state index in [2.05, 4.69) is 20.8 Å². The maximum Gasteiger partial charge on any atom is 0.172 e. The molecule has 1 N–H and O–H groups in total. The van der Waals surface area contributed by atoms with Gasteiger partial charge < -0.3 is 14.6 Å². The first-order valence-corrected chi connectivity index (χ1v) is 6.50. The molecule has 1 saturated carbocycles. The third kappa shape index (κ3) is 2.13. The average molecular weight is 228 g/mol. The Balaban J connectivity index is 2.13. The van der Waals surface area contributed by atoms with Crippen LogP contribution in [0, 0.1) is 17.8 Å². The summed E-state index contributed by atoms with van der Waals surface area (Å²) in [5.74, 6) is 1.30. The van der Waals surface area contributed by atoms with Crippen LogP contribution in [0.5, 0.6) is 0 Å². The molecule has 1 aliphatic heterocycles. The van der Waals surface area contributed by atoms with Gasteiger partial charge in [-0.05, 0) is 18.3 Å². The van der Waals surface area contributed by atoms with Gasteiger partial charge in [0.1, 0.15) is 6.10 Å². The zero-order valence-electron chi connectivity index (χ0n) is 10.6. The highest BCUT2D eigenvalue weighted by molar-refractivity contribution is 4.92. The SMILES string of the molecule is CC(C)[C@@H]1CC[C@@H](C)C[C@]12OC[C@H](CO)O2. The van der Waals surface area contributed by atoms with E-state index in [0.29, 0.717) is 24.4 Å². The fourth-order valence-electron chi connectivity index (χ4n) is 3.24. The highest BCUT2D eigenvalue weighted by Gasteiger charge is 2.51. The number of rotatable bonds is 2. The molecule has 16 heavy (non-hydrogen) atoms. The van der Waals surface area contributed by atoms with Crippen molar-refractivity contribution >= 4 is 0 Å². The first-order chi connectivity index (χ1) is 7.57. The summed E-state index contributed by atoms with van der Waals surface area (Å²) in [5.41, 5.74) is 0. The lowest BCUT2D eigenvalue weighted by Gasteiger charge is -2.44. The van der Waals surface area contributed by atoms with E-state index in [4.69, 9.17) is 14.6 Å². The lowest BCUT2D eigenvalue weighted by atomic mass is 9.73. The molecule has 4 atom stereocenters. The Kier molecular flexibility index (Phi) is 3.57. The lowest BCUT2D eigenvalue weighted by molar-refractivity contribution is -0.240. The van der Waals surface area contributed by atoms with Crippen molar-refractivity contribution in [2.24, 2.45) is 17.8 Å². The van der Waals surface area contributed by atoms with Gasteiger partial charge in [0.05, 0.1) is 13.2 Å². The Morgan fingerprint density at radius 3 is 2.69 bits per heavy atom. The predicted octanol–water partition coefficient (Wildman–Crippen LogP) is 2.18. The molecule has 3 nitrogen and oxygen atoms in total. The Labute approximate surface area is 98.1 Å². The summed E-state index contributed by atoms with van der Waals surface area (Å²) in [6.07, 6.45) is 3.30. The fraction of sp³-hybridized carbons (Fsp3) is 1.00. The molecule has 3 heteroatoms. The number of aliphatic hydroxyl groups excluding tert-OH is 1. The van der Waals surface area contributed by atoms with E-state index in [1.807, 2.05) is 0 Å². The van der Waals surface area contributed by atoms with Gasteiger partial charge in [0.15, 0.2) is 5.79 Å². The average Bonchev–Trinajstić information content (AvgIpc) is 2.61. The molecule has 1 heterocycles. The minimum absolute atomic E-state index is 0.0704. The third-order valence-corrected chi connectivity index (χ3v) is 4.06. The second-order valence-electron chi connectivity index (χ2n) is 5.78. The van der Waals surface area contributed by atoms with Gasteiger partial charge in [-0.1, -0.05) is 27.2 Å². The molecule has 2 aliphatic rings. The van der Waals surface area contributed by atoms with Gasteiger partial charge in [0, 0.05) is 12.3 Å². The van der Waals surface area contributed by atoms with Crippen molar-refractivity contribution in [3.63, 3.8) is 0 Å². The molecule has 94 valence electrons. The van der Waals surface area contributed by atoms with Crippen LogP contribution >= 0.6 is 0 Å². The van der Waals surface area contributed by atoms with Crippen molar-refractivity contribution in [2.75, 3.05) is 13.2 Å². The van der Waals surface area contributed by atoms with Crippen LogP contribution in [0.15, 0.2) is 0 Å². The van der Waals surface area contributed by atoms with Crippen LogP contribution in [-0.2, 0) is 9.47 Å². The second kappa shape index (κ2) is 4.63. The van der Waals surface area contributed by atoms with Gasteiger partial charge in [0.25, 0.3) is 0 Å². The number of hydrogen-bond acceptors (Lipinski definition) is 3. The molecule has 0 radical (unpaired) electrons. The number of aliphatic hydroxyl groups is 1. The maximum atomic E-state index is 9.17. The quantitative estimate of drug-likeness (QED) is 0.787. The van der Waals surface area contributed by atoms with Gasteiger partial charge in [0.2, 0.25) is 0 Å². The van der Waals surface area contributed by atoms with E-state index >= 15 is 0 Å². The number of hydrogen-bond donors (Lipinski definition) is 1. The van der Waals surface area contributed by atoms with Crippen LogP contribution in [0.1, 0.15) is 40.0 Å². The highest BCUT2D eigenvalue weighted by atomic mass is 16.7. The van der Waals surface area contributed by atoms with Gasteiger partial charge in [-0.15, -0.1) is 0 Å². The van der Waals surface area contributed by atoms with Gasteiger partial charge in [-0.2, -0.15) is 0 Å². The van der Waals surface area contributed by atoms with Crippen molar-refractivity contribution in [1.82, 2.24) is 0 Å². The topological polar surface area (TPSA) is 38.7 Å². The molecule has 1 spiro atoms. The van der Waals surface area contributed by atoms with E-state index in [0.717, 1.165) is 6.42 Å². The Morgan fingerprint density at radius 1 is 1.38 bits per heavy atom. The summed E-state index contributed by atoms with van der Waals surface area (Å²) < 4.78 is 12.0. The molecule has 1 saturated heterocycles. The minimum Gasteiger partial charge on any atom is -0.394 e. The smallest absolute Gasteiger partial charge is 0.172 e. The second-order valence-corrected chi connectivity index (χ2v) is 5.78. The zero-order valence-corrected chi connectivity index (χ0v) is 10.6. The molecule has 1 aliphatic carbocycles. The molecule has 2 fully saturated rings. The molecule has 0 unspecified atom stereocenters. The third-order valence-electron chi connectivity index (χ3n) is 4.06. The van der Waals surface area contributed by atoms with E-state index in [1.165, 1.54) is 12.8 Å². The summed E-state index contributed by atoms with van der Waals surface area (Å²) in [7, 11) is 0. The molecule has 0 amide bonds. The van der Waals surface area contributed by atoms with E-state index in [9.17, 15) is 0 Å². The molecule has 2 rings (SSSR count). The van der Waals surface area contributed by atoms with Crippen LogP contribution in [0.2, 0.25) is 0 Å². The summed E-state index contributed by atoms with van der Waals surface area (Å²) in [5, 5.41) is 9.17. The lowest BCUT2D eigenvalue weighted by Crippen LogP contribution is -2.47. The van der Waals surface area contributed by atoms with E-state index < -0.39 is 5.79 Å². The molecular formula is C13H24O3. The normalized spacial score (nSPS) is 44.4. The van der Waals surface area contributed by atoms with E-state index in [1.54, 1.807) is 0 Å². The largest absolute Gasteiger partial charge is 0.394 e. The van der Waals surface area contributed by atoms with Crippen molar-refractivity contribution in [3.05, 3.63) is 0 Å². The zero-order chi connectivity index (χ0) is 11.8. The Hall–Kier alpha value is -0.120. The summed E-state index contributed by atoms with van der Waals surface area (Å²) >= 11 is 0. The molecule has 0 aromatic carbocycles. The molecule has 0 aromatic heterocycles. The van der Waals surface area contributed by atoms with Crippen molar-refractivity contribution in [3.8, 4) is 0 Å². The van der Waals surface area contributed by atoms with Crippen molar-refractivity contribution in [2.45, 2.75) is 51.9 Å². The first-order valence-electron chi connectivity index (χ1n) is 6.50. The van der Waals surface area contributed by atoms with Crippen molar-refractivity contribution in [1.29, 1.82) is 0 Å². The van der Waals surface area contributed by atoms with Crippen LogP contribution < -0.4 is 0 Å². The van der Waals surface area contributed by atoms with Gasteiger partial charge >= 0.3 is 0 Å². The predicted molar refractivity (Wildman–Crippen MR) is 62.0 cm³/mol. The summed E-state index contributed by atoms with van der Waals surface area (Å²) in [6.45, 7) is 7.35. The Bertz CT molecular complexity index is 241. The van der Waals surface area contributed by atoms with Crippen LogP contribution in [0.3, 0.4) is 0 Å². The van der Waals surface area contributed by atoms with Crippen LogP contribution in [0.25, 0.3) is 0 Å². The standard InChI is InChI=1S/C13H24O3/c1-9(2)12-5-4-10(3)6-13(12)15-8-11(7-14)16-13/h9-12,14H,4-8H2,1-3H3/t10-,11+,12+,13-/m1/s1. The summed E-state index contributed by atoms with van der Waals surface area (Å²) in [6, 6.07) is 0. The van der Waals surface area contributed by atoms with Crippen molar-refractivity contribution < 1.29 is 14.6 Å². The molecule has 0 aromatic rings. The van der Waals surface area contributed by atoms with Crippen LogP contribution in [-0.4, -0.2) is 30.2 Å². The molecule has 0 bridgehead atoms. The van der Waals surface area contributed by atoms with Gasteiger partial charge in [-0.3, -0.25) is 0 Å². The van der Waals surface area contributed by atoms with Crippen LogP contribution in [0.4, 0.5) is 0 Å². The first kappa shape index (κ1) is 12.3. The summed E-state index contributed by atoms with van der Waals surface area (Å²) in [4.78, 5) is 0. The molecular weight excluding hydrogens is 204 g/mol. The Morgan fingerprint density at radius 2 is 2.12 bits per heavy atom. The highest BCUT2D eigenvalue weighted by Crippen LogP contribution is 2.47. The van der Waals surface area contributed by atoms with Gasteiger partial charge in [-0.25, -0.2) is 0 Å².